The van der Waals surface area contributed by atoms with Crippen molar-refractivity contribution < 1.29 is 9.47 Å². The number of rotatable bonds is 8. The van der Waals surface area contributed by atoms with Crippen molar-refractivity contribution in [2.24, 2.45) is 0 Å². The Morgan fingerprint density at radius 1 is 1.14 bits per heavy atom. The van der Waals surface area contributed by atoms with Crippen molar-refractivity contribution in [3.63, 3.8) is 0 Å². The summed E-state index contributed by atoms with van der Waals surface area (Å²) in [6.07, 6.45) is 4.50. The topological polar surface area (TPSA) is 43.4 Å². The Bertz CT molecular complexity index is 591. The molecule has 0 radical (unpaired) electrons. The predicted octanol–water partition coefficient (Wildman–Crippen LogP) is 3.82. The smallest absolute Gasteiger partial charge is 0.179 e. The van der Waals surface area contributed by atoms with E-state index in [1.807, 2.05) is 24.3 Å². The van der Waals surface area contributed by atoms with Crippen LogP contribution in [0.25, 0.3) is 0 Å². The van der Waals surface area contributed by atoms with Crippen molar-refractivity contribution >= 4 is 11.6 Å². The van der Waals surface area contributed by atoms with Gasteiger partial charge in [-0.05, 0) is 41.8 Å². The number of nitrogens with zero attached hydrogens (tertiary/aromatic N) is 1. The lowest BCUT2D eigenvalue weighted by atomic mass is 10.2. The van der Waals surface area contributed by atoms with E-state index in [0.29, 0.717) is 29.7 Å². The summed E-state index contributed by atoms with van der Waals surface area (Å²) in [7, 11) is 1.62. The highest BCUT2D eigenvalue weighted by molar-refractivity contribution is 6.32. The van der Waals surface area contributed by atoms with Crippen LogP contribution in [0.4, 0.5) is 0 Å². The molecule has 0 saturated carbocycles. The molecule has 0 atom stereocenters. The zero-order valence-electron chi connectivity index (χ0n) is 12.9. The summed E-state index contributed by atoms with van der Waals surface area (Å²) in [5, 5.41) is 3.95. The van der Waals surface area contributed by atoms with Crippen LogP contribution in [0.1, 0.15) is 24.5 Å². The molecule has 118 valence electrons. The first-order valence-electron chi connectivity index (χ1n) is 7.33. The van der Waals surface area contributed by atoms with Gasteiger partial charge in [0.1, 0.15) is 0 Å². The minimum absolute atomic E-state index is 0.577. The average molecular weight is 321 g/mol. The minimum Gasteiger partial charge on any atom is -0.493 e. The Kier molecular flexibility index (Phi) is 6.49. The van der Waals surface area contributed by atoms with Gasteiger partial charge in [-0.3, -0.25) is 4.98 Å². The first-order chi connectivity index (χ1) is 10.7. The number of ether oxygens (including phenoxy) is 2. The second kappa shape index (κ2) is 8.61. The lowest BCUT2D eigenvalue weighted by Gasteiger charge is -2.14. The van der Waals surface area contributed by atoms with E-state index in [0.717, 1.165) is 18.5 Å². The number of pyridine rings is 1. The van der Waals surface area contributed by atoms with Gasteiger partial charge in [-0.15, -0.1) is 0 Å². The quantitative estimate of drug-likeness (QED) is 0.803. The molecule has 0 aliphatic heterocycles. The largest absolute Gasteiger partial charge is 0.493 e. The maximum absolute atomic E-state index is 6.30. The zero-order valence-corrected chi connectivity index (χ0v) is 13.7. The third kappa shape index (κ3) is 4.61. The van der Waals surface area contributed by atoms with Crippen molar-refractivity contribution in [2.75, 3.05) is 13.7 Å². The number of hydrogen-bond donors (Lipinski definition) is 1. The third-order valence-electron chi connectivity index (χ3n) is 3.15. The molecule has 0 spiro atoms. The highest BCUT2D eigenvalue weighted by Crippen LogP contribution is 2.36. The lowest BCUT2D eigenvalue weighted by molar-refractivity contribution is 0.294. The summed E-state index contributed by atoms with van der Waals surface area (Å²) >= 11 is 6.30. The fourth-order valence-corrected chi connectivity index (χ4v) is 2.36. The van der Waals surface area contributed by atoms with Gasteiger partial charge in [-0.2, -0.15) is 0 Å². The van der Waals surface area contributed by atoms with Crippen molar-refractivity contribution in [1.82, 2.24) is 10.3 Å². The summed E-state index contributed by atoms with van der Waals surface area (Å²) < 4.78 is 11.0. The van der Waals surface area contributed by atoms with Crippen LogP contribution in [-0.2, 0) is 13.1 Å². The highest BCUT2D eigenvalue weighted by Gasteiger charge is 2.11. The third-order valence-corrected chi connectivity index (χ3v) is 3.43. The second-order valence-electron chi connectivity index (χ2n) is 4.92. The molecule has 2 rings (SSSR count). The SMILES string of the molecule is CCCOc1c(Cl)cc(CNCc2ccncc2)cc1OC. The standard InChI is InChI=1S/C17H21ClN2O2/c1-3-8-22-17-15(18)9-14(10-16(17)21-2)12-20-11-13-4-6-19-7-5-13/h4-7,9-10,20H,3,8,11-12H2,1-2H3. The molecule has 1 aromatic heterocycles. The average Bonchev–Trinajstić information content (AvgIpc) is 2.54. The predicted molar refractivity (Wildman–Crippen MR) is 88.6 cm³/mol. The van der Waals surface area contributed by atoms with Gasteiger partial charge in [0.25, 0.3) is 0 Å². The van der Waals surface area contributed by atoms with Gasteiger partial charge in [0.15, 0.2) is 11.5 Å². The Balaban J connectivity index is 2.00. The van der Waals surface area contributed by atoms with Crippen LogP contribution in [0.5, 0.6) is 11.5 Å². The second-order valence-corrected chi connectivity index (χ2v) is 5.32. The van der Waals surface area contributed by atoms with Gasteiger partial charge in [0, 0.05) is 25.5 Å². The maximum atomic E-state index is 6.30. The molecule has 0 saturated heterocycles. The van der Waals surface area contributed by atoms with Gasteiger partial charge < -0.3 is 14.8 Å². The van der Waals surface area contributed by atoms with Crippen LogP contribution < -0.4 is 14.8 Å². The molecule has 0 fully saturated rings. The highest BCUT2D eigenvalue weighted by atomic mass is 35.5. The molecule has 22 heavy (non-hydrogen) atoms. The van der Waals surface area contributed by atoms with Crippen LogP contribution in [-0.4, -0.2) is 18.7 Å². The van der Waals surface area contributed by atoms with Crippen LogP contribution in [0.3, 0.4) is 0 Å². The van der Waals surface area contributed by atoms with E-state index < -0.39 is 0 Å². The van der Waals surface area contributed by atoms with Crippen molar-refractivity contribution in [2.45, 2.75) is 26.4 Å². The van der Waals surface area contributed by atoms with Crippen molar-refractivity contribution in [1.29, 1.82) is 0 Å². The van der Waals surface area contributed by atoms with Crippen LogP contribution in [0.15, 0.2) is 36.7 Å². The fourth-order valence-electron chi connectivity index (χ4n) is 2.07. The number of halogens is 1. The van der Waals surface area contributed by atoms with E-state index >= 15 is 0 Å². The summed E-state index contributed by atoms with van der Waals surface area (Å²) in [5.41, 5.74) is 2.25. The molecule has 0 aliphatic rings. The number of benzene rings is 1. The number of aromatic nitrogens is 1. The molecule has 0 amide bonds. The van der Waals surface area contributed by atoms with Gasteiger partial charge in [0.05, 0.1) is 18.7 Å². The molecule has 0 bridgehead atoms. The minimum atomic E-state index is 0.577. The van der Waals surface area contributed by atoms with E-state index in [1.165, 1.54) is 5.56 Å². The van der Waals surface area contributed by atoms with Crippen molar-refractivity contribution in [3.05, 3.63) is 52.8 Å². The number of nitrogens with one attached hydrogen (secondary N) is 1. The van der Waals surface area contributed by atoms with Crippen LogP contribution in [0.2, 0.25) is 5.02 Å². The fraction of sp³-hybridized carbons (Fsp3) is 0.353. The molecule has 1 N–H and O–H groups in total. The molecular weight excluding hydrogens is 300 g/mol. The van der Waals surface area contributed by atoms with Crippen LogP contribution >= 0.6 is 11.6 Å². The Labute approximate surface area is 136 Å². The molecule has 1 aromatic carbocycles. The summed E-state index contributed by atoms with van der Waals surface area (Å²) in [5.74, 6) is 1.28. The molecule has 0 unspecified atom stereocenters. The van der Waals surface area contributed by atoms with Crippen LogP contribution in [0, 0.1) is 0 Å². The molecule has 5 heteroatoms. The van der Waals surface area contributed by atoms with E-state index in [1.54, 1.807) is 19.5 Å². The summed E-state index contributed by atoms with van der Waals surface area (Å²) in [4.78, 5) is 4.00. The molecular formula is C17H21ClN2O2. The Hall–Kier alpha value is -1.78. The molecule has 2 aromatic rings. The zero-order chi connectivity index (χ0) is 15.8. The number of methoxy groups -OCH3 is 1. The van der Waals surface area contributed by atoms with E-state index in [9.17, 15) is 0 Å². The molecule has 4 nitrogen and oxygen atoms in total. The van der Waals surface area contributed by atoms with Gasteiger partial charge >= 0.3 is 0 Å². The van der Waals surface area contributed by atoms with Gasteiger partial charge in [-0.25, -0.2) is 0 Å². The number of hydrogen-bond acceptors (Lipinski definition) is 4. The van der Waals surface area contributed by atoms with E-state index in [-0.39, 0.29) is 0 Å². The Morgan fingerprint density at radius 2 is 1.86 bits per heavy atom. The molecule has 1 heterocycles. The van der Waals surface area contributed by atoms with E-state index in [4.69, 9.17) is 21.1 Å². The summed E-state index contributed by atoms with van der Waals surface area (Å²) in [6, 6.07) is 7.84. The van der Waals surface area contributed by atoms with Gasteiger partial charge in [0.2, 0.25) is 0 Å². The first kappa shape index (κ1) is 16.6. The normalized spacial score (nSPS) is 10.5. The van der Waals surface area contributed by atoms with Crippen molar-refractivity contribution in [3.8, 4) is 11.5 Å². The monoisotopic (exact) mass is 320 g/mol. The van der Waals surface area contributed by atoms with E-state index in [2.05, 4.69) is 17.2 Å². The molecule has 0 aliphatic carbocycles. The maximum Gasteiger partial charge on any atom is 0.179 e. The summed E-state index contributed by atoms with van der Waals surface area (Å²) in [6.45, 7) is 4.15. The Morgan fingerprint density at radius 3 is 2.55 bits per heavy atom. The first-order valence-corrected chi connectivity index (χ1v) is 7.71. The lowest BCUT2D eigenvalue weighted by Crippen LogP contribution is -2.13. The van der Waals surface area contributed by atoms with Gasteiger partial charge in [-0.1, -0.05) is 18.5 Å².